The molecule has 0 unspecified atom stereocenters. The first kappa shape index (κ1) is 23.1. The summed E-state index contributed by atoms with van der Waals surface area (Å²) in [6.07, 6.45) is 0. The van der Waals surface area contributed by atoms with Gasteiger partial charge in [-0.1, -0.05) is 58.6 Å². The van der Waals surface area contributed by atoms with Crippen LogP contribution in [0.15, 0.2) is 65.6 Å². The van der Waals surface area contributed by atoms with Crippen LogP contribution in [0, 0.1) is 20.8 Å². The van der Waals surface area contributed by atoms with Gasteiger partial charge in [0.15, 0.2) is 0 Å². The van der Waals surface area contributed by atoms with E-state index in [0.717, 1.165) is 21.0 Å². The molecule has 0 aliphatic rings. The Bertz CT molecular complexity index is 1230. The van der Waals surface area contributed by atoms with Crippen molar-refractivity contribution in [2.45, 2.75) is 25.7 Å². The number of carbonyl (C=O) groups excluding carboxylic acids is 1. The molecule has 1 amide bonds. The minimum absolute atomic E-state index is 0.111. The lowest BCUT2D eigenvalue weighted by Gasteiger charge is -2.26. The van der Waals surface area contributed by atoms with Crippen LogP contribution in [0.1, 0.15) is 16.7 Å². The van der Waals surface area contributed by atoms with Gasteiger partial charge in [-0.3, -0.25) is 9.10 Å². The molecule has 31 heavy (non-hydrogen) atoms. The van der Waals surface area contributed by atoms with Crippen molar-refractivity contribution < 1.29 is 13.2 Å². The number of halogens is 2. The van der Waals surface area contributed by atoms with E-state index in [2.05, 4.69) is 5.32 Å². The highest BCUT2D eigenvalue weighted by molar-refractivity contribution is 7.92. The minimum atomic E-state index is -3.98. The molecule has 162 valence electrons. The third-order valence-corrected chi connectivity index (χ3v) is 7.23. The highest BCUT2D eigenvalue weighted by Crippen LogP contribution is 2.29. The summed E-state index contributed by atoms with van der Waals surface area (Å²) >= 11 is 11.9. The average molecular weight is 477 g/mol. The standard InChI is InChI=1S/C23H22Cl2N2O3S/c1-15-4-8-19(9-5-15)31(29,30)27(22-11-6-16(2)12-17(22)3)14-23(28)26-18-7-10-20(24)21(25)13-18/h4-13H,14H2,1-3H3,(H,26,28). The van der Waals surface area contributed by atoms with Gasteiger partial charge in [0, 0.05) is 5.69 Å². The van der Waals surface area contributed by atoms with Crippen molar-refractivity contribution in [3.8, 4) is 0 Å². The first-order valence-electron chi connectivity index (χ1n) is 9.49. The summed E-state index contributed by atoms with van der Waals surface area (Å²) < 4.78 is 28.1. The van der Waals surface area contributed by atoms with Gasteiger partial charge in [-0.25, -0.2) is 8.42 Å². The van der Waals surface area contributed by atoms with Crippen molar-refractivity contribution in [3.05, 3.63) is 87.4 Å². The molecule has 0 aliphatic heterocycles. The normalized spacial score (nSPS) is 11.3. The molecule has 0 fully saturated rings. The van der Waals surface area contributed by atoms with Crippen LogP contribution in [0.5, 0.6) is 0 Å². The van der Waals surface area contributed by atoms with Crippen LogP contribution >= 0.6 is 23.2 Å². The SMILES string of the molecule is Cc1ccc(S(=O)(=O)N(CC(=O)Nc2ccc(Cl)c(Cl)c2)c2ccc(C)cc2C)cc1. The minimum Gasteiger partial charge on any atom is -0.324 e. The molecule has 0 heterocycles. The molecule has 8 heteroatoms. The van der Waals surface area contributed by atoms with E-state index in [9.17, 15) is 13.2 Å². The summed E-state index contributed by atoms with van der Waals surface area (Å²) in [7, 11) is -3.98. The summed E-state index contributed by atoms with van der Waals surface area (Å²) in [6, 6.07) is 16.6. The zero-order chi connectivity index (χ0) is 22.8. The topological polar surface area (TPSA) is 66.5 Å². The Balaban J connectivity index is 1.98. The molecular formula is C23H22Cl2N2O3S. The maximum Gasteiger partial charge on any atom is 0.264 e. The van der Waals surface area contributed by atoms with E-state index in [1.54, 1.807) is 30.3 Å². The number of carbonyl (C=O) groups is 1. The van der Waals surface area contributed by atoms with Gasteiger partial charge in [0.25, 0.3) is 10.0 Å². The number of nitrogens with one attached hydrogen (secondary N) is 1. The Labute approximate surface area is 192 Å². The molecule has 0 atom stereocenters. The quantitative estimate of drug-likeness (QED) is 0.492. The molecule has 5 nitrogen and oxygen atoms in total. The lowest BCUT2D eigenvalue weighted by Crippen LogP contribution is -2.38. The third-order valence-electron chi connectivity index (χ3n) is 4.72. The molecular weight excluding hydrogens is 455 g/mol. The van der Waals surface area contributed by atoms with Crippen molar-refractivity contribution in [2.24, 2.45) is 0 Å². The molecule has 0 saturated heterocycles. The van der Waals surface area contributed by atoms with E-state index in [4.69, 9.17) is 23.2 Å². The molecule has 0 spiro atoms. The van der Waals surface area contributed by atoms with Crippen LogP contribution in [0.4, 0.5) is 11.4 Å². The Morgan fingerprint density at radius 2 is 1.52 bits per heavy atom. The molecule has 3 aromatic carbocycles. The molecule has 3 aromatic rings. The largest absolute Gasteiger partial charge is 0.324 e. The number of benzene rings is 3. The van der Waals surface area contributed by atoms with Crippen LogP contribution in [-0.4, -0.2) is 20.9 Å². The Morgan fingerprint density at radius 3 is 2.13 bits per heavy atom. The van der Waals surface area contributed by atoms with Crippen molar-refractivity contribution in [3.63, 3.8) is 0 Å². The zero-order valence-electron chi connectivity index (χ0n) is 17.3. The van der Waals surface area contributed by atoms with Crippen LogP contribution in [0.2, 0.25) is 10.0 Å². The number of sulfonamides is 1. The van der Waals surface area contributed by atoms with E-state index < -0.39 is 22.5 Å². The molecule has 0 radical (unpaired) electrons. The lowest BCUT2D eigenvalue weighted by atomic mass is 10.1. The van der Waals surface area contributed by atoms with E-state index >= 15 is 0 Å². The average Bonchev–Trinajstić information content (AvgIpc) is 2.70. The smallest absolute Gasteiger partial charge is 0.264 e. The van der Waals surface area contributed by atoms with Crippen molar-refractivity contribution in [2.75, 3.05) is 16.2 Å². The number of aryl methyl sites for hydroxylation is 3. The second kappa shape index (κ2) is 9.30. The molecule has 3 rings (SSSR count). The maximum absolute atomic E-state index is 13.5. The van der Waals surface area contributed by atoms with E-state index in [-0.39, 0.29) is 9.92 Å². The third kappa shape index (κ3) is 5.39. The van der Waals surface area contributed by atoms with Crippen LogP contribution in [0.3, 0.4) is 0 Å². The number of anilines is 2. The maximum atomic E-state index is 13.5. The van der Waals surface area contributed by atoms with Gasteiger partial charge >= 0.3 is 0 Å². The van der Waals surface area contributed by atoms with Gasteiger partial charge in [-0.15, -0.1) is 0 Å². The highest BCUT2D eigenvalue weighted by atomic mass is 35.5. The van der Waals surface area contributed by atoms with Crippen LogP contribution in [-0.2, 0) is 14.8 Å². The number of rotatable bonds is 6. The summed E-state index contributed by atoms with van der Waals surface area (Å²) in [4.78, 5) is 12.9. The summed E-state index contributed by atoms with van der Waals surface area (Å²) in [5.74, 6) is -0.506. The van der Waals surface area contributed by atoms with Gasteiger partial charge in [-0.05, 0) is 62.7 Å². The number of hydrogen-bond acceptors (Lipinski definition) is 3. The second-order valence-corrected chi connectivity index (χ2v) is 9.97. The Kier molecular flexibility index (Phi) is 6.94. The molecule has 0 bridgehead atoms. The molecule has 1 N–H and O–H groups in total. The van der Waals surface area contributed by atoms with Gasteiger partial charge in [-0.2, -0.15) is 0 Å². The molecule has 0 aliphatic carbocycles. The highest BCUT2D eigenvalue weighted by Gasteiger charge is 2.28. The number of nitrogens with zero attached hydrogens (tertiary/aromatic N) is 1. The predicted molar refractivity (Wildman–Crippen MR) is 127 cm³/mol. The lowest BCUT2D eigenvalue weighted by molar-refractivity contribution is -0.114. The van der Waals surface area contributed by atoms with Crippen LogP contribution in [0.25, 0.3) is 0 Å². The summed E-state index contributed by atoms with van der Waals surface area (Å²) in [6.45, 7) is 5.22. The fraction of sp³-hybridized carbons (Fsp3) is 0.174. The fourth-order valence-corrected chi connectivity index (χ4v) is 4.91. The first-order valence-corrected chi connectivity index (χ1v) is 11.7. The Morgan fingerprint density at radius 1 is 0.871 bits per heavy atom. The summed E-state index contributed by atoms with van der Waals surface area (Å²) in [5.41, 5.74) is 3.55. The van der Waals surface area contributed by atoms with E-state index in [0.29, 0.717) is 16.4 Å². The van der Waals surface area contributed by atoms with Gasteiger partial charge in [0.05, 0.1) is 20.6 Å². The predicted octanol–water partition coefficient (Wildman–Crippen LogP) is 5.75. The van der Waals surface area contributed by atoms with Gasteiger partial charge in [0.2, 0.25) is 5.91 Å². The zero-order valence-corrected chi connectivity index (χ0v) is 19.6. The second-order valence-electron chi connectivity index (χ2n) is 7.29. The summed E-state index contributed by atoms with van der Waals surface area (Å²) in [5, 5.41) is 3.34. The van der Waals surface area contributed by atoms with Crippen molar-refractivity contribution in [1.29, 1.82) is 0 Å². The van der Waals surface area contributed by atoms with Crippen molar-refractivity contribution >= 4 is 50.5 Å². The monoisotopic (exact) mass is 476 g/mol. The fourth-order valence-electron chi connectivity index (χ4n) is 3.13. The van der Waals surface area contributed by atoms with Gasteiger partial charge in [0.1, 0.15) is 6.54 Å². The number of hydrogen-bond donors (Lipinski definition) is 1. The first-order chi connectivity index (χ1) is 14.6. The van der Waals surface area contributed by atoms with E-state index in [1.165, 1.54) is 18.2 Å². The Hall–Kier alpha value is -2.54. The number of amides is 1. The van der Waals surface area contributed by atoms with Gasteiger partial charge < -0.3 is 5.32 Å². The molecule has 0 saturated carbocycles. The van der Waals surface area contributed by atoms with Crippen LogP contribution < -0.4 is 9.62 Å². The van der Waals surface area contributed by atoms with Crippen molar-refractivity contribution in [1.82, 2.24) is 0 Å². The molecule has 0 aromatic heterocycles. The van der Waals surface area contributed by atoms with E-state index in [1.807, 2.05) is 32.9 Å².